The van der Waals surface area contributed by atoms with Crippen LogP contribution in [-0.2, 0) is 4.79 Å². The highest BCUT2D eigenvalue weighted by molar-refractivity contribution is 5.77. The summed E-state index contributed by atoms with van der Waals surface area (Å²) in [6.07, 6.45) is 0.970. The van der Waals surface area contributed by atoms with Crippen molar-refractivity contribution >= 4 is 5.91 Å². The maximum absolute atomic E-state index is 12.1. The maximum atomic E-state index is 12.1. The van der Waals surface area contributed by atoms with E-state index < -0.39 is 0 Å². The van der Waals surface area contributed by atoms with Gasteiger partial charge in [-0.15, -0.1) is 0 Å². The van der Waals surface area contributed by atoms with Crippen molar-refractivity contribution in [3.05, 3.63) is 24.3 Å². The van der Waals surface area contributed by atoms with E-state index in [9.17, 15) is 4.79 Å². The minimum Gasteiger partial charge on any atom is -0.494 e. The number of nitrogens with zero attached hydrogens (tertiary/aromatic N) is 1. The summed E-state index contributed by atoms with van der Waals surface area (Å²) in [7, 11) is 1.77. The lowest BCUT2D eigenvalue weighted by atomic mass is 9.93. The lowest BCUT2D eigenvalue weighted by molar-refractivity contribution is -0.133. The molecule has 0 aliphatic heterocycles. The average Bonchev–Trinajstić information content (AvgIpc) is 2.51. The van der Waals surface area contributed by atoms with E-state index in [0.717, 1.165) is 12.2 Å². The summed E-state index contributed by atoms with van der Waals surface area (Å²) in [5.41, 5.74) is 5.59. The Morgan fingerprint density at radius 2 is 1.73 bits per heavy atom. The molecule has 0 atom stereocenters. The molecule has 0 aromatic heterocycles. The molecule has 1 aromatic rings. The molecule has 0 saturated heterocycles. The summed E-state index contributed by atoms with van der Waals surface area (Å²) in [6.45, 7) is 7.98. The molecule has 2 N–H and O–H groups in total. The number of carbonyl (C=O) groups excluding carboxylic acids is 1. The smallest absolute Gasteiger partial charge is 0.260 e. The molecule has 1 rings (SSSR count). The first-order valence-electron chi connectivity index (χ1n) is 7.67. The predicted molar refractivity (Wildman–Crippen MR) is 88.2 cm³/mol. The van der Waals surface area contributed by atoms with Crippen LogP contribution in [0.25, 0.3) is 0 Å². The van der Waals surface area contributed by atoms with Crippen LogP contribution in [0, 0.1) is 5.41 Å². The van der Waals surface area contributed by atoms with Gasteiger partial charge in [-0.3, -0.25) is 4.79 Å². The Balaban J connectivity index is 2.43. The van der Waals surface area contributed by atoms with E-state index in [0.29, 0.717) is 25.4 Å². The number of rotatable bonds is 9. The first kappa shape index (κ1) is 18.3. The van der Waals surface area contributed by atoms with Crippen LogP contribution < -0.4 is 15.2 Å². The van der Waals surface area contributed by atoms with Crippen LogP contribution in [0.2, 0.25) is 0 Å². The second-order valence-corrected chi connectivity index (χ2v) is 6.23. The Kier molecular flexibility index (Phi) is 7.18. The zero-order chi connectivity index (χ0) is 16.6. The van der Waals surface area contributed by atoms with Gasteiger partial charge in [-0.1, -0.05) is 20.8 Å². The highest BCUT2D eigenvalue weighted by Gasteiger charge is 2.21. The summed E-state index contributed by atoms with van der Waals surface area (Å²) in [5.74, 6) is 1.40. The standard InChI is InChI=1S/C17H28N2O3/c1-5-10-21-14-6-8-15(9-7-14)22-11-16(20)19(4)13-17(2,3)12-18/h6-9H,5,10-13,18H2,1-4H3. The number of amides is 1. The molecule has 0 unspecified atom stereocenters. The molecule has 0 radical (unpaired) electrons. The van der Waals surface area contributed by atoms with Crippen molar-refractivity contribution in [3.63, 3.8) is 0 Å². The topological polar surface area (TPSA) is 64.8 Å². The number of hydrogen-bond donors (Lipinski definition) is 1. The molecule has 0 fully saturated rings. The highest BCUT2D eigenvalue weighted by atomic mass is 16.5. The van der Waals surface area contributed by atoms with Gasteiger partial charge in [0, 0.05) is 13.6 Å². The fraction of sp³-hybridized carbons (Fsp3) is 0.588. The number of likely N-dealkylation sites (N-methyl/N-ethyl adjacent to an activating group) is 1. The average molecular weight is 308 g/mol. The van der Waals surface area contributed by atoms with Gasteiger partial charge in [-0.25, -0.2) is 0 Å². The van der Waals surface area contributed by atoms with Gasteiger partial charge >= 0.3 is 0 Å². The molecule has 0 spiro atoms. The normalized spacial score (nSPS) is 11.1. The van der Waals surface area contributed by atoms with Gasteiger partial charge < -0.3 is 20.1 Å². The van der Waals surface area contributed by atoms with Gasteiger partial charge in [-0.2, -0.15) is 0 Å². The third-order valence-corrected chi connectivity index (χ3v) is 3.30. The van der Waals surface area contributed by atoms with E-state index in [1.165, 1.54) is 0 Å². The maximum Gasteiger partial charge on any atom is 0.260 e. The van der Waals surface area contributed by atoms with Crippen molar-refractivity contribution in [2.45, 2.75) is 27.2 Å². The minimum atomic E-state index is -0.0946. The third kappa shape index (κ3) is 6.35. The van der Waals surface area contributed by atoms with E-state index in [1.807, 2.05) is 38.1 Å². The van der Waals surface area contributed by atoms with Crippen molar-refractivity contribution in [1.29, 1.82) is 0 Å². The van der Waals surface area contributed by atoms with Crippen LogP contribution in [0.1, 0.15) is 27.2 Å². The molecule has 0 saturated carbocycles. The summed E-state index contributed by atoms with van der Waals surface area (Å²) in [5, 5.41) is 0. The van der Waals surface area contributed by atoms with Crippen LogP contribution >= 0.6 is 0 Å². The molecular formula is C17H28N2O3. The molecule has 22 heavy (non-hydrogen) atoms. The van der Waals surface area contributed by atoms with Crippen molar-refractivity contribution in [3.8, 4) is 11.5 Å². The SMILES string of the molecule is CCCOc1ccc(OCC(=O)N(C)CC(C)(C)CN)cc1. The van der Waals surface area contributed by atoms with E-state index in [4.69, 9.17) is 15.2 Å². The molecule has 0 bridgehead atoms. The monoisotopic (exact) mass is 308 g/mol. The minimum absolute atomic E-state index is 0.0202. The van der Waals surface area contributed by atoms with Crippen LogP contribution in [0.15, 0.2) is 24.3 Å². The lowest BCUT2D eigenvalue weighted by Gasteiger charge is -2.29. The molecule has 124 valence electrons. The van der Waals surface area contributed by atoms with Gasteiger partial charge in [0.2, 0.25) is 0 Å². The van der Waals surface area contributed by atoms with Crippen molar-refractivity contribution in [2.24, 2.45) is 11.1 Å². The van der Waals surface area contributed by atoms with E-state index in [1.54, 1.807) is 11.9 Å². The lowest BCUT2D eigenvalue weighted by Crippen LogP contribution is -2.41. The number of ether oxygens (including phenoxy) is 2. The molecule has 5 nitrogen and oxygen atoms in total. The van der Waals surface area contributed by atoms with E-state index >= 15 is 0 Å². The molecule has 1 amide bonds. The Hall–Kier alpha value is -1.75. The van der Waals surface area contributed by atoms with Gasteiger partial charge in [0.05, 0.1) is 6.61 Å². The highest BCUT2D eigenvalue weighted by Crippen LogP contribution is 2.18. The van der Waals surface area contributed by atoms with Gasteiger partial charge in [-0.05, 0) is 42.6 Å². The molecule has 0 aliphatic rings. The number of carbonyl (C=O) groups is 1. The largest absolute Gasteiger partial charge is 0.494 e. The molecule has 0 heterocycles. The first-order valence-corrected chi connectivity index (χ1v) is 7.67. The van der Waals surface area contributed by atoms with Crippen molar-refractivity contribution in [1.82, 2.24) is 4.90 Å². The summed E-state index contributed by atoms with van der Waals surface area (Å²) in [6, 6.07) is 7.30. The first-order chi connectivity index (χ1) is 10.4. The van der Waals surface area contributed by atoms with Crippen molar-refractivity contribution in [2.75, 3.05) is 33.4 Å². The number of nitrogens with two attached hydrogens (primary N) is 1. The Morgan fingerprint density at radius 1 is 1.18 bits per heavy atom. The molecule has 5 heteroatoms. The van der Waals surface area contributed by atoms with Gasteiger partial charge in [0.1, 0.15) is 11.5 Å². The van der Waals surface area contributed by atoms with Crippen molar-refractivity contribution < 1.29 is 14.3 Å². The van der Waals surface area contributed by atoms with Crippen LogP contribution in [-0.4, -0.2) is 44.2 Å². The second-order valence-electron chi connectivity index (χ2n) is 6.23. The Labute approximate surface area is 133 Å². The van der Waals surface area contributed by atoms with Crippen LogP contribution in [0.3, 0.4) is 0 Å². The molecule has 0 aliphatic carbocycles. The number of hydrogen-bond acceptors (Lipinski definition) is 4. The van der Waals surface area contributed by atoms with Crippen LogP contribution in [0.4, 0.5) is 0 Å². The second kappa shape index (κ2) is 8.63. The molecule has 1 aromatic carbocycles. The summed E-state index contributed by atoms with van der Waals surface area (Å²) < 4.78 is 11.0. The van der Waals surface area contributed by atoms with Gasteiger partial charge in [0.15, 0.2) is 6.61 Å². The van der Waals surface area contributed by atoms with Crippen LogP contribution in [0.5, 0.6) is 11.5 Å². The fourth-order valence-electron chi connectivity index (χ4n) is 1.90. The Bertz CT molecular complexity index is 457. The fourth-order valence-corrected chi connectivity index (χ4v) is 1.90. The van der Waals surface area contributed by atoms with E-state index in [-0.39, 0.29) is 17.9 Å². The predicted octanol–water partition coefficient (Wildman–Crippen LogP) is 2.30. The summed E-state index contributed by atoms with van der Waals surface area (Å²) >= 11 is 0. The molecular weight excluding hydrogens is 280 g/mol. The van der Waals surface area contributed by atoms with Gasteiger partial charge in [0.25, 0.3) is 5.91 Å². The Morgan fingerprint density at radius 3 is 2.23 bits per heavy atom. The number of benzene rings is 1. The third-order valence-electron chi connectivity index (χ3n) is 3.30. The summed E-state index contributed by atoms with van der Waals surface area (Å²) in [4.78, 5) is 13.7. The zero-order valence-corrected chi connectivity index (χ0v) is 14.1. The van der Waals surface area contributed by atoms with E-state index in [2.05, 4.69) is 6.92 Å². The zero-order valence-electron chi connectivity index (χ0n) is 14.1. The quantitative estimate of drug-likeness (QED) is 0.760.